The van der Waals surface area contributed by atoms with E-state index in [4.69, 9.17) is 0 Å². The molecule has 1 fully saturated rings. The zero-order valence-electron chi connectivity index (χ0n) is 13.6. The maximum Gasteiger partial charge on any atom is 0.271 e. The van der Waals surface area contributed by atoms with E-state index in [9.17, 15) is 9.59 Å². The van der Waals surface area contributed by atoms with Crippen molar-refractivity contribution >= 4 is 34.5 Å². The van der Waals surface area contributed by atoms with Gasteiger partial charge in [-0.3, -0.25) is 9.59 Å². The van der Waals surface area contributed by atoms with Crippen molar-refractivity contribution in [1.29, 1.82) is 0 Å². The molecule has 1 N–H and O–H groups in total. The second-order valence-corrected chi connectivity index (χ2v) is 7.10. The van der Waals surface area contributed by atoms with E-state index in [1.54, 1.807) is 28.6 Å². The van der Waals surface area contributed by atoms with Crippen molar-refractivity contribution in [2.45, 2.75) is 25.9 Å². The fraction of sp³-hybridized carbons (Fsp3) is 0.412. The number of fused-ring (bicyclic) bond motifs is 1. The lowest BCUT2D eigenvalue weighted by atomic mass is 10.2. The van der Waals surface area contributed by atoms with Crippen molar-refractivity contribution in [1.82, 2.24) is 14.8 Å². The fourth-order valence-electron chi connectivity index (χ4n) is 2.68. The van der Waals surface area contributed by atoms with Crippen LogP contribution in [0.2, 0.25) is 0 Å². The van der Waals surface area contributed by atoms with Crippen LogP contribution in [0, 0.1) is 0 Å². The average Bonchev–Trinajstić information content (AvgIpc) is 3.18. The second-order valence-electron chi connectivity index (χ2n) is 6.10. The van der Waals surface area contributed by atoms with Gasteiger partial charge in [0.25, 0.3) is 5.91 Å². The van der Waals surface area contributed by atoms with E-state index in [1.807, 2.05) is 44.2 Å². The van der Waals surface area contributed by atoms with Crippen molar-refractivity contribution < 1.29 is 9.59 Å². The molecule has 0 saturated carbocycles. The van der Waals surface area contributed by atoms with Gasteiger partial charge in [-0.25, -0.2) is 0 Å². The molecule has 0 radical (unpaired) electrons. The zero-order valence-corrected chi connectivity index (χ0v) is 14.4. The Hall–Kier alpha value is -1.95. The third kappa shape index (κ3) is 2.95. The van der Waals surface area contributed by atoms with Crippen LogP contribution in [0.1, 0.15) is 24.3 Å². The van der Waals surface area contributed by atoms with Gasteiger partial charge in [0.05, 0.1) is 5.88 Å². The Balaban J connectivity index is 1.84. The Labute approximate surface area is 140 Å². The second kappa shape index (κ2) is 6.28. The van der Waals surface area contributed by atoms with Crippen molar-refractivity contribution in [3.8, 4) is 0 Å². The predicted molar refractivity (Wildman–Crippen MR) is 93.5 cm³/mol. The van der Waals surface area contributed by atoms with Crippen LogP contribution in [0.5, 0.6) is 0 Å². The van der Waals surface area contributed by atoms with Gasteiger partial charge in [-0.2, -0.15) is 0 Å². The predicted octanol–water partition coefficient (Wildman–Crippen LogP) is 2.55. The molecule has 2 amide bonds. The van der Waals surface area contributed by atoms with Gasteiger partial charge in [0.15, 0.2) is 0 Å². The number of aromatic nitrogens is 1. The van der Waals surface area contributed by atoms with Crippen LogP contribution in [0.15, 0.2) is 30.3 Å². The molecule has 5 nitrogen and oxygen atoms in total. The molecule has 1 saturated heterocycles. The molecule has 23 heavy (non-hydrogen) atoms. The SMILES string of the molecule is CC(C)N(C)C(=O)C1CSCN1C(=O)c1cc2ccccc2[nH]1. The molecule has 1 aliphatic heterocycles. The summed E-state index contributed by atoms with van der Waals surface area (Å²) in [5.41, 5.74) is 1.48. The molecule has 3 rings (SSSR count). The van der Waals surface area contributed by atoms with Gasteiger partial charge in [-0.05, 0) is 26.0 Å². The first kappa shape index (κ1) is 15.9. The Morgan fingerprint density at radius 3 is 2.78 bits per heavy atom. The summed E-state index contributed by atoms with van der Waals surface area (Å²) >= 11 is 1.62. The Morgan fingerprint density at radius 2 is 2.09 bits per heavy atom. The first-order chi connectivity index (χ1) is 11.0. The lowest BCUT2D eigenvalue weighted by molar-refractivity contribution is -0.135. The maximum atomic E-state index is 12.8. The summed E-state index contributed by atoms with van der Waals surface area (Å²) in [4.78, 5) is 32.0. The van der Waals surface area contributed by atoms with Gasteiger partial charge in [-0.1, -0.05) is 18.2 Å². The lowest BCUT2D eigenvalue weighted by Gasteiger charge is -2.29. The average molecular weight is 331 g/mol. The number of hydrogen-bond acceptors (Lipinski definition) is 3. The molecule has 2 aromatic rings. The number of aromatic amines is 1. The van der Waals surface area contributed by atoms with Crippen molar-refractivity contribution in [3.63, 3.8) is 0 Å². The monoisotopic (exact) mass is 331 g/mol. The summed E-state index contributed by atoms with van der Waals surface area (Å²) in [5.74, 6) is 1.11. The normalized spacial score (nSPS) is 17.9. The van der Waals surface area contributed by atoms with Gasteiger partial charge in [-0.15, -0.1) is 11.8 Å². The van der Waals surface area contributed by atoms with E-state index >= 15 is 0 Å². The molecule has 0 spiro atoms. The smallest absolute Gasteiger partial charge is 0.271 e. The highest BCUT2D eigenvalue weighted by Gasteiger charge is 2.37. The summed E-state index contributed by atoms with van der Waals surface area (Å²) in [7, 11) is 1.79. The van der Waals surface area contributed by atoms with Gasteiger partial charge >= 0.3 is 0 Å². The number of thioether (sulfide) groups is 1. The standard InChI is InChI=1S/C17H21N3O2S/c1-11(2)19(3)17(22)15-9-23-10-20(15)16(21)14-8-12-6-4-5-7-13(12)18-14/h4-8,11,15,18H,9-10H2,1-3H3. The van der Waals surface area contributed by atoms with Gasteiger partial charge in [0.1, 0.15) is 11.7 Å². The molecule has 1 aromatic carbocycles. The Bertz CT molecular complexity index is 707. The maximum absolute atomic E-state index is 12.8. The van der Waals surface area contributed by atoms with E-state index in [0.29, 0.717) is 17.3 Å². The number of carbonyl (C=O) groups is 2. The van der Waals surface area contributed by atoms with Crippen LogP contribution in [-0.2, 0) is 4.79 Å². The van der Waals surface area contributed by atoms with Gasteiger partial charge < -0.3 is 14.8 Å². The number of carbonyl (C=O) groups excluding carboxylic acids is 2. The first-order valence-corrected chi connectivity index (χ1v) is 8.87. The van der Waals surface area contributed by atoms with E-state index in [2.05, 4.69) is 4.98 Å². The fourth-order valence-corrected chi connectivity index (χ4v) is 3.83. The third-order valence-corrected chi connectivity index (χ3v) is 5.32. The molecule has 1 unspecified atom stereocenters. The molecule has 122 valence electrons. The third-order valence-electron chi connectivity index (χ3n) is 4.31. The van der Waals surface area contributed by atoms with Gasteiger partial charge in [0.2, 0.25) is 5.91 Å². The molecular formula is C17H21N3O2S. The number of rotatable bonds is 3. The van der Waals surface area contributed by atoms with Crippen LogP contribution in [0.3, 0.4) is 0 Å². The van der Waals surface area contributed by atoms with E-state index in [-0.39, 0.29) is 23.9 Å². The summed E-state index contributed by atoms with van der Waals surface area (Å²) in [6.45, 7) is 3.95. The minimum absolute atomic E-state index is 0.00876. The number of benzene rings is 1. The number of nitrogens with one attached hydrogen (secondary N) is 1. The largest absolute Gasteiger partial charge is 0.351 e. The summed E-state index contributed by atoms with van der Waals surface area (Å²) in [6, 6.07) is 9.39. The molecule has 1 atom stereocenters. The van der Waals surface area contributed by atoms with Gasteiger partial charge in [0, 0.05) is 29.7 Å². The van der Waals surface area contributed by atoms with Crippen LogP contribution >= 0.6 is 11.8 Å². The molecule has 2 heterocycles. The highest BCUT2D eigenvalue weighted by Crippen LogP contribution is 2.26. The minimum Gasteiger partial charge on any atom is -0.351 e. The number of amides is 2. The lowest BCUT2D eigenvalue weighted by Crippen LogP contribution is -2.49. The van der Waals surface area contributed by atoms with E-state index in [0.717, 1.165) is 10.9 Å². The Kier molecular flexibility index (Phi) is 4.35. The number of H-pyrrole nitrogens is 1. The zero-order chi connectivity index (χ0) is 16.6. The Morgan fingerprint density at radius 1 is 1.35 bits per heavy atom. The summed E-state index contributed by atoms with van der Waals surface area (Å²) < 4.78 is 0. The highest BCUT2D eigenvalue weighted by molar-refractivity contribution is 7.99. The molecule has 1 aromatic heterocycles. The van der Waals surface area contributed by atoms with Crippen LogP contribution < -0.4 is 0 Å². The van der Waals surface area contributed by atoms with Crippen LogP contribution in [-0.4, -0.2) is 57.4 Å². The number of hydrogen-bond donors (Lipinski definition) is 1. The van der Waals surface area contributed by atoms with Crippen molar-refractivity contribution in [3.05, 3.63) is 36.0 Å². The molecule has 6 heteroatoms. The highest BCUT2D eigenvalue weighted by atomic mass is 32.2. The van der Waals surface area contributed by atoms with E-state index < -0.39 is 0 Å². The van der Waals surface area contributed by atoms with E-state index in [1.165, 1.54) is 0 Å². The minimum atomic E-state index is -0.383. The topological polar surface area (TPSA) is 56.4 Å². The number of nitrogens with zero attached hydrogens (tertiary/aromatic N) is 2. The molecule has 0 bridgehead atoms. The molecule has 1 aliphatic rings. The summed E-state index contributed by atoms with van der Waals surface area (Å²) in [6.07, 6.45) is 0. The van der Waals surface area contributed by atoms with Crippen molar-refractivity contribution in [2.75, 3.05) is 18.7 Å². The molecular weight excluding hydrogens is 310 g/mol. The molecule has 0 aliphatic carbocycles. The van der Waals surface area contributed by atoms with Crippen LogP contribution in [0.4, 0.5) is 0 Å². The van der Waals surface area contributed by atoms with Crippen molar-refractivity contribution in [2.24, 2.45) is 0 Å². The number of likely N-dealkylation sites (N-methyl/N-ethyl adjacent to an activating group) is 1. The summed E-state index contributed by atoms with van der Waals surface area (Å²) in [5, 5.41) is 1.00. The first-order valence-electron chi connectivity index (χ1n) is 7.72. The van der Waals surface area contributed by atoms with Crippen LogP contribution in [0.25, 0.3) is 10.9 Å². The quantitative estimate of drug-likeness (QED) is 0.940. The number of para-hydroxylation sites is 1.